The maximum atomic E-state index is 12.4. The molecule has 0 aliphatic rings. The number of pyridine rings is 1. The highest BCUT2D eigenvalue weighted by Gasteiger charge is 2.13. The van der Waals surface area contributed by atoms with Crippen LogP contribution in [0.4, 0.5) is 0 Å². The number of hydrogen-bond acceptors (Lipinski definition) is 4. The van der Waals surface area contributed by atoms with Crippen LogP contribution in [0.5, 0.6) is 0 Å². The van der Waals surface area contributed by atoms with Crippen molar-refractivity contribution in [3.05, 3.63) is 70.3 Å². The minimum Gasteiger partial charge on any atom is -0.339 e. The molecule has 3 aromatic rings. The minimum absolute atomic E-state index is 0.0747. The van der Waals surface area contributed by atoms with Crippen molar-refractivity contribution >= 4 is 17.2 Å². The molecule has 0 radical (unpaired) electrons. The maximum absolute atomic E-state index is 12.4. The van der Waals surface area contributed by atoms with Gasteiger partial charge in [-0.1, -0.05) is 18.2 Å². The fourth-order valence-corrected chi connectivity index (χ4v) is 3.48. The summed E-state index contributed by atoms with van der Waals surface area (Å²) in [5.41, 5.74) is 3.71. The second kappa shape index (κ2) is 8.03. The number of aromatic nitrogens is 2. The molecule has 4 nitrogen and oxygen atoms in total. The molecule has 1 amide bonds. The SMILES string of the molecule is CCN(CC)C(=O)c1ccc(-c2csc(Cc3ccccn3)n2)cc1. The lowest BCUT2D eigenvalue weighted by Crippen LogP contribution is -2.30. The van der Waals surface area contributed by atoms with Crippen LogP contribution in [0.15, 0.2) is 54.0 Å². The van der Waals surface area contributed by atoms with Crippen molar-refractivity contribution < 1.29 is 4.79 Å². The highest BCUT2D eigenvalue weighted by Crippen LogP contribution is 2.24. The lowest BCUT2D eigenvalue weighted by Gasteiger charge is -2.18. The van der Waals surface area contributed by atoms with E-state index >= 15 is 0 Å². The molecule has 5 heteroatoms. The quantitative estimate of drug-likeness (QED) is 0.666. The topological polar surface area (TPSA) is 46.1 Å². The number of nitrogens with zero attached hydrogens (tertiary/aromatic N) is 3. The Hall–Kier alpha value is -2.53. The Balaban J connectivity index is 1.74. The molecule has 2 heterocycles. The Kier molecular flexibility index (Phi) is 5.56. The molecule has 0 unspecified atom stereocenters. The van der Waals surface area contributed by atoms with Gasteiger partial charge in [0.25, 0.3) is 5.91 Å². The van der Waals surface area contributed by atoms with Gasteiger partial charge in [-0.15, -0.1) is 11.3 Å². The Bertz CT molecular complexity index is 824. The van der Waals surface area contributed by atoms with Gasteiger partial charge in [0.05, 0.1) is 10.7 Å². The third-order valence-electron chi connectivity index (χ3n) is 4.09. The third kappa shape index (κ3) is 4.12. The summed E-state index contributed by atoms with van der Waals surface area (Å²) in [5, 5.41) is 3.09. The van der Waals surface area contributed by atoms with Crippen molar-refractivity contribution in [1.29, 1.82) is 0 Å². The average Bonchev–Trinajstić information content (AvgIpc) is 3.12. The molecule has 0 N–H and O–H groups in total. The number of hydrogen-bond donors (Lipinski definition) is 0. The second-order valence-electron chi connectivity index (χ2n) is 5.68. The predicted molar refractivity (Wildman–Crippen MR) is 102 cm³/mol. The van der Waals surface area contributed by atoms with Crippen molar-refractivity contribution in [3.63, 3.8) is 0 Å². The van der Waals surface area contributed by atoms with Gasteiger partial charge < -0.3 is 4.90 Å². The van der Waals surface area contributed by atoms with Gasteiger partial charge in [0.15, 0.2) is 0 Å². The Morgan fingerprint density at radius 1 is 1.08 bits per heavy atom. The first kappa shape index (κ1) is 17.3. The van der Waals surface area contributed by atoms with E-state index in [9.17, 15) is 4.79 Å². The van der Waals surface area contributed by atoms with Crippen LogP contribution in [0.25, 0.3) is 11.3 Å². The molecular formula is C20H21N3OS. The van der Waals surface area contributed by atoms with Crippen LogP contribution >= 0.6 is 11.3 Å². The first-order valence-electron chi connectivity index (χ1n) is 8.45. The molecule has 1 aromatic carbocycles. The first-order valence-corrected chi connectivity index (χ1v) is 9.33. The molecule has 0 bridgehead atoms. The zero-order valence-corrected chi connectivity index (χ0v) is 15.3. The zero-order chi connectivity index (χ0) is 17.6. The summed E-state index contributed by atoms with van der Waals surface area (Å²) in [6, 6.07) is 13.6. The molecule has 0 spiro atoms. The van der Waals surface area contributed by atoms with Crippen molar-refractivity contribution in [3.8, 4) is 11.3 Å². The van der Waals surface area contributed by atoms with E-state index in [2.05, 4.69) is 10.4 Å². The minimum atomic E-state index is 0.0747. The summed E-state index contributed by atoms with van der Waals surface area (Å²) in [7, 11) is 0. The van der Waals surface area contributed by atoms with Crippen LogP contribution < -0.4 is 0 Å². The molecule has 3 rings (SSSR count). The van der Waals surface area contributed by atoms with Crippen LogP contribution in [0.2, 0.25) is 0 Å². The first-order chi connectivity index (χ1) is 12.2. The molecule has 128 valence electrons. The number of rotatable bonds is 6. The number of benzene rings is 1. The van der Waals surface area contributed by atoms with Crippen molar-refractivity contribution in [2.75, 3.05) is 13.1 Å². The normalized spacial score (nSPS) is 10.6. The Morgan fingerprint density at radius 3 is 2.48 bits per heavy atom. The molecule has 2 aromatic heterocycles. The van der Waals surface area contributed by atoms with Crippen LogP contribution in [0.1, 0.15) is 34.9 Å². The Morgan fingerprint density at radius 2 is 1.84 bits per heavy atom. The molecule has 0 aliphatic heterocycles. The van der Waals surface area contributed by atoms with Gasteiger partial charge in [0.1, 0.15) is 0 Å². The molecule has 0 fully saturated rings. The molecular weight excluding hydrogens is 330 g/mol. The van der Waals surface area contributed by atoms with Crippen LogP contribution in [-0.4, -0.2) is 33.9 Å². The highest BCUT2D eigenvalue weighted by atomic mass is 32.1. The fraction of sp³-hybridized carbons (Fsp3) is 0.250. The van der Waals surface area contributed by atoms with Gasteiger partial charge in [-0.05, 0) is 38.1 Å². The van der Waals surface area contributed by atoms with Gasteiger partial charge >= 0.3 is 0 Å². The zero-order valence-electron chi connectivity index (χ0n) is 14.5. The van der Waals surface area contributed by atoms with Crippen molar-refractivity contribution in [2.45, 2.75) is 20.3 Å². The number of amides is 1. The van der Waals surface area contributed by atoms with E-state index in [0.717, 1.165) is 47.0 Å². The van der Waals surface area contributed by atoms with E-state index in [4.69, 9.17) is 4.98 Å². The summed E-state index contributed by atoms with van der Waals surface area (Å²) in [4.78, 5) is 23.2. The molecule has 25 heavy (non-hydrogen) atoms. The predicted octanol–water partition coefficient (Wildman–Crippen LogP) is 4.28. The number of carbonyl (C=O) groups is 1. The summed E-state index contributed by atoms with van der Waals surface area (Å²) in [6.07, 6.45) is 2.54. The fourth-order valence-electron chi connectivity index (χ4n) is 2.66. The maximum Gasteiger partial charge on any atom is 0.253 e. The van der Waals surface area contributed by atoms with Crippen LogP contribution in [-0.2, 0) is 6.42 Å². The average molecular weight is 351 g/mol. The molecule has 0 saturated heterocycles. The summed E-state index contributed by atoms with van der Waals surface area (Å²) in [6.45, 7) is 5.43. The van der Waals surface area contributed by atoms with E-state index in [1.54, 1.807) is 17.5 Å². The van der Waals surface area contributed by atoms with E-state index in [-0.39, 0.29) is 5.91 Å². The van der Waals surface area contributed by atoms with Crippen molar-refractivity contribution in [1.82, 2.24) is 14.9 Å². The van der Waals surface area contributed by atoms with E-state index in [1.807, 2.05) is 61.2 Å². The van der Waals surface area contributed by atoms with E-state index in [1.165, 1.54) is 0 Å². The molecule has 0 saturated carbocycles. The van der Waals surface area contributed by atoms with Gasteiger partial charge in [0.2, 0.25) is 0 Å². The van der Waals surface area contributed by atoms with Crippen LogP contribution in [0.3, 0.4) is 0 Å². The summed E-state index contributed by atoms with van der Waals surface area (Å²) < 4.78 is 0. The highest BCUT2D eigenvalue weighted by molar-refractivity contribution is 7.10. The standard InChI is InChI=1S/C20H21N3OS/c1-3-23(4-2)20(24)16-10-8-15(9-11-16)18-14-25-19(22-18)13-17-7-5-6-12-21-17/h5-12,14H,3-4,13H2,1-2H3. The molecule has 0 aliphatic carbocycles. The largest absolute Gasteiger partial charge is 0.339 e. The van der Waals surface area contributed by atoms with Gasteiger partial charge in [0, 0.05) is 47.9 Å². The number of thiazole rings is 1. The van der Waals surface area contributed by atoms with Crippen LogP contribution in [0, 0.1) is 0 Å². The van der Waals surface area contributed by atoms with Crippen molar-refractivity contribution in [2.24, 2.45) is 0 Å². The van der Waals surface area contributed by atoms with Gasteiger partial charge in [-0.25, -0.2) is 4.98 Å². The Labute approximate surface area is 152 Å². The summed E-state index contributed by atoms with van der Waals surface area (Å²) in [5.74, 6) is 0.0747. The lowest BCUT2D eigenvalue weighted by atomic mass is 10.1. The van der Waals surface area contributed by atoms with E-state index < -0.39 is 0 Å². The molecule has 0 atom stereocenters. The monoisotopic (exact) mass is 351 g/mol. The smallest absolute Gasteiger partial charge is 0.253 e. The third-order valence-corrected chi connectivity index (χ3v) is 4.94. The van der Waals surface area contributed by atoms with E-state index in [0.29, 0.717) is 0 Å². The summed E-state index contributed by atoms with van der Waals surface area (Å²) >= 11 is 1.64. The van der Waals surface area contributed by atoms with Gasteiger partial charge in [-0.2, -0.15) is 0 Å². The number of carbonyl (C=O) groups excluding carboxylic acids is 1. The van der Waals surface area contributed by atoms with Gasteiger partial charge in [-0.3, -0.25) is 9.78 Å². The second-order valence-corrected chi connectivity index (χ2v) is 6.62. The lowest BCUT2D eigenvalue weighted by molar-refractivity contribution is 0.0773.